The lowest BCUT2D eigenvalue weighted by Crippen LogP contribution is -2.30. The Bertz CT molecular complexity index is 442. The van der Waals surface area contributed by atoms with Crippen LogP contribution in [0.1, 0.15) is 30.1 Å². The highest BCUT2D eigenvalue weighted by Crippen LogP contribution is 2.24. The van der Waals surface area contributed by atoms with E-state index in [4.69, 9.17) is 16.2 Å². The molecule has 0 aliphatic carbocycles. The summed E-state index contributed by atoms with van der Waals surface area (Å²) in [6.45, 7) is 2.86. The van der Waals surface area contributed by atoms with Crippen LogP contribution in [0.3, 0.4) is 0 Å². The Hall–Kier alpha value is -1.75. The van der Waals surface area contributed by atoms with E-state index in [0.29, 0.717) is 11.3 Å². The molecule has 0 bridgehead atoms. The minimum atomic E-state index is -0.456. The number of rotatable bonds is 4. The molecule has 1 saturated heterocycles. The Morgan fingerprint density at radius 3 is 2.94 bits per heavy atom. The number of hydrogen-bond acceptors (Lipinski definition) is 4. The van der Waals surface area contributed by atoms with Crippen molar-refractivity contribution in [1.29, 1.82) is 0 Å². The quantitative estimate of drug-likeness (QED) is 0.702. The molecule has 5 N–H and O–H groups in total. The Morgan fingerprint density at radius 1 is 1.56 bits per heavy atom. The number of carbonyl (C=O) groups is 1. The SMILES string of the molecule is CC(Nc1cc(C(N)=O)ccc1N)C1CCCO1. The number of nitrogens with one attached hydrogen (secondary N) is 1. The number of primary amides is 1. The minimum absolute atomic E-state index is 0.151. The maximum Gasteiger partial charge on any atom is 0.248 e. The zero-order valence-corrected chi connectivity index (χ0v) is 10.5. The van der Waals surface area contributed by atoms with E-state index in [1.807, 2.05) is 6.92 Å². The van der Waals surface area contributed by atoms with E-state index in [1.165, 1.54) is 0 Å². The standard InChI is InChI=1S/C13H19N3O2/c1-8(12-3-2-6-18-12)16-11-7-9(13(15)17)4-5-10(11)14/h4-5,7-8,12,16H,2-3,6,14H2,1H3,(H2,15,17). The number of benzene rings is 1. The second-order valence-corrected chi connectivity index (χ2v) is 4.65. The first-order chi connectivity index (χ1) is 8.58. The van der Waals surface area contributed by atoms with Gasteiger partial charge in [-0.15, -0.1) is 0 Å². The molecule has 1 heterocycles. The van der Waals surface area contributed by atoms with Crippen LogP contribution in [0.2, 0.25) is 0 Å². The van der Waals surface area contributed by atoms with E-state index in [-0.39, 0.29) is 12.1 Å². The Morgan fingerprint density at radius 2 is 2.33 bits per heavy atom. The molecule has 0 radical (unpaired) electrons. The van der Waals surface area contributed by atoms with Crippen molar-refractivity contribution in [3.63, 3.8) is 0 Å². The lowest BCUT2D eigenvalue weighted by molar-refractivity contribution is 0.0997. The Labute approximate surface area is 106 Å². The van der Waals surface area contributed by atoms with Gasteiger partial charge in [-0.3, -0.25) is 4.79 Å². The molecule has 0 saturated carbocycles. The fraction of sp³-hybridized carbons (Fsp3) is 0.462. The highest BCUT2D eigenvalue weighted by Gasteiger charge is 2.22. The van der Waals surface area contributed by atoms with Crippen LogP contribution in [0.5, 0.6) is 0 Å². The molecule has 1 amide bonds. The number of nitrogens with two attached hydrogens (primary N) is 2. The molecule has 5 nitrogen and oxygen atoms in total. The third-order valence-electron chi connectivity index (χ3n) is 3.24. The van der Waals surface area contributed by atoms with Crippen molar-refractivity contribution in [1.82, 2.24) is 0 Å². The van der Waals surface area contributed by atoms with Gasteiger partial charge in [-0.1, -0.05) is 0 Å². The fourth-order valence-electron chi connectivity index (χ4n) is 2.17. The van der Waals surface area contributed by atoms with Crippen molar-refractivity contribution in [2.45, 2.75) is 31.9 Å². The highest BCUT2D eigenvalue weighted by molar-refractivity contribution is 5.94. The monoisotopic (exact) mass is 249 g/mol. The van der Waals surface area contributed by atoms with Crippen molar-refractivity contribution in [2.75, 3.05) is 17.7 Å². The number of hydrogen-bond donors (Lipinski definition) is 3. The largest absolute Gasteiger partial charge is 0.397 e. The number of amides is 1. The highest BCUT2D eigenvalue weighted by atomic mass is 16.5. The maximum absolute atomic E-state index is 11.1. The van der Waals surface area contributed by atoms with Gasteiger partial charge in [0.25, 0.3) is 0 Å². The maximum atomic E-state index is 11.1. The van der Waals surface area contributed by atoms with E-state index < -0.39 is 5.91 Å². The fourth-order valence-corrected chi connectivity index (χ4v) is 2.17. The van der Waals surface area contributed by atoms with Gasteiger partial charge in [0.05, 0.1) is 17.5 Å². The predicted molar refractivity (Wildman–Crippen MR) is 71.4 cm³/mol. The van der Waals surface area contributed by atoms with Crippen LogP contribution in [-0.2, 0) is 4.74 Å². The number of anilines is 2. The first kappa shape index (κ1) is 12.7. The van der Waals surface area contributed by atoms with Crippen LogP contribution >= 0.6 is 0 Å². The molecule has 1 aromatic rings. The van der Waals surface area contributed by atoms with Crippen LogP contribution in [0.15, 0.2) is 18.2 Å². The molecule has 0 aromatic heterocycles. The molecular weight excluding hydrogens is 230 g/mol. The van der Waals surface area contributed by atoms with Gasteiger partial charge >= 0.3 is 0 Å². The average Bonchev–Trinajstić information content (AvgIpc) is 2.85. The molecule has 1 aliphatic rings. The van der Waals surface area contributed by atoms with Gasteiger partial charge in [0.2, 0.25) is 5.91 Å². The van der Waals surface area contributed by atoms with E-state index in [2.05, 4.69) is 5.32 Å². The average molecular weight is 249 g/mol. The van der Waals surface area contributed by atoms with Gasteiger partial charge in [0, 0.05) is 18.2 Å². The number of ether oxygens (including phenoxy) is 1. The van der Waals surface area contributed by atoms with E-state index in [9.17, 15) is 4.79 Å². The van der Waals surface area contributed by atoms with E-state index in [1.54, 1.807) is 18.2 Å². The zero-order chi connectivity index (χ0) is 13.1. The van der Waals surface area contributed by atoms with Crippen LogP contribution < -0.4 is 16.8 Å². The molecule has 2 rings (SSSR count). The lowest BCUT2D eigenvalue weighted by Gasteiger charge is -2.22. The summed E-state index contributed by atoms with van der Waals surface area (Å²) in [5.74, 6) is -0.456. The molecule has 98 valence electrons. The molecule has 1 fully saturated rings. The first-order valence-electron chi connectivity index (χ1n) is 6.15. The van der Waals surface area contributed by atoms with Crippen LogP contribution in [0.4, 0.5) is 11.4 Å². The van der Waals surface area contributed by atoms with Gasteiger partial charge in [0.15, 0.2) is 0 Å². The zero-order valence-electron chi connectivity index (χ0n) is 10.5. The second kappa shape index (κ2) is 5.27. The minimum Gasteiger partial charge on any atom is -0.397 e. The predicted octanol–water partition coefficient (Wildman–Crippen LogP) is 1.35. The van der Waals surface area contributed by atoms with Crippen LogP contribution in [0.25, 0.3) is 0 Å². The molecular formula is C13H19N3O2. The summed E-state index contributed by atoms with van der Waals surface area (Å²) < 4.78 is 5.61. The van der Waals surface area contributed by atoms with Gasteiger partial charge in [-0.25, -0.2) is 0 Å². The molecule has 0 spiro atoms. The normalized spacial score (nSPS) is 20.6. The van der Waals surface area contributed by atoms with E-state index >= 15 is 0 Å². The topological polar surface area (TPSA) is 90.4 Å². The van der Waals surface area contributed by atoms with Gasteiger partial charge in [-0.05, 0) is 38.0 Å². The number of nitrogen functional groups attached to an aromatic ring is 1. The first-order valence-corrected chi connectivity index (χ1v) is 6.15. The summed E-state index contributed by atoms with van der Waals surface area (Å²) >= 11 is 0. The Kier molecular flexibility index (Phi) is 3.72. The van der Waals surface area contributed by atoms with Crippen molar-refractivity contribution >= 4 is 17.3 Å². The second-order valence-electron chi connectivity index (χ2n) is 4.65. The molecule has 1 aliphatic heterocycles. The summed E-state index contributed by atoms with van der Waals surface area (Å²) in [5.41, 5.74) is 12.9. The van der Waals surface area contributed by atoms with E-state index in [0.717, 1.165) is 25.1 Å². The smallest absolute Gasteiger partial charge is 0.248 e. The summed E-state index contributed by atoms with van der Waals surface area (Å²) in [7, 11) is 0. The molecule has 2 atom stereocenters. The van der Waals surface area contributed by atoms with Crippen molar-refractivity contribution in [2.24, 2.45) is 5.73 Å². The summed E-state index contributed by atoms with van der Waals surface area (Å²) in [6, 6.07) is 5.14. The van der Waals surface area contributed by atoms with Gasteiger partial charge in [0.1, 0.15) is 0 Å². The number of carbonyl (C=O) groups excluding carboxylic acids is 1. The molecule has 18 heavy (non-hydrogen) atoms. The molecule has 5 heteroatoms. The van der Waals surface area contributed by atoms with Gasteiger partial charge < -0.3 is 21.5 Å². The Balaban J connectivity index is 2.12. The summed E-state index contributed by atoms with van der Waals surface area (Å²) in [6.07, 6.45) is 2.33. The molecule has 2 unspecified atom stereocenters. The summed E-state index contributed by atoms with van der Waals surface area (Å²) in [5, 5.41) is 3.29. The van der Waals surface area contributed by atoms with Crippen molar-refractivity contribution in [3.8, 4) is 0 Å². The lowest BCUT2D eigenvalue weighted by atomic mass is 10.1. The summed E-state index contributed by atoms with van der Waals surface area (Å²) in [4.78, 5) is 11.1. The van der Waals surface area contributed by atoms with Crippen LogP contribution in [-0.4, -0.2) is 24.7 Å². The van der Waals surface area contributed by atoms with Gasteiger partial charge in [-0.2, -0.15) is 0 Å². The molecule has 1 aromatic carbocycles. The van der Waals surface area contributed by atoms with Crippen molar-refractivity contribution in [3.05, 3.63) is 23.8 Å². The third kappa shape index (κ3) is 2.73. The third-order valence-corrected chi connectivity index (χ3v) is 3.24. The van der Waals surface area contributed by atoms with Crippen LogP contribution in [0, 0.1) is 0 Å². The van der Waals surface area contributed by atoms with Crippen molar-refractivity contribution < 1.29 is 9.53 Å².